The molecule has 1 saturated heterocycles. The van der Waals surface area contributed by atoms with Crippen molar-refractivity contribution in [3.63, 3.8) is 0 Å². The average molecular weight is 628 g/mol. The molecule has 1 aliphatic carbocycles. The molecular formula is C34H30FN3O8. The Labute approximate surface area is 260 Å². The molecule has 3 N–H and O–H groups in total. The highest BCUT2D eigenvalue weighted by atomic mass is 19.1. The number of phenols is 2. The molecule has 0 spiro atoms. The number of hydrogen-bond donors (Lipinski definition) is 3. The van der Waals surface area contributed by atoms with Gasteiger partial charge in [0.1, 0.15) is 52.5 Å². The Balaban J connectivity index is 1.01. The molecule has 1 saturated carbocycles. The second kappa shape index (κ2) is 11.5. The molecule has 0 amide bonds. The number of carboxylic acids is 1. The van der Waals surface area contributed by atoms with Crippen LogP contribution < -0.4 is 20.5 Å². The van der Waals surface area contributed by atoms with Crippen molar-refractivity contribution in [3.05, 3.63) is 92.8 Å². The van der Waals surface area contributed by atoms with Gasteiger partial charge in [-0.3, -0.25) is 14.5 Å². The van der Waals surface area contributed by atoms with Crippen molar-refractivity contribution >= 4 is 33.5 Å². The summed E-state index contributed by atoms with van der Waals surface area (Å²) in [4.78, 5) is 41.6. The maximum Gasteiger partial charge on any atom is 0.341 e. The SMILES string of the molecule is O=C(O)c1cn(C2CC2)c2cc(N3CCN(CCOc4cc(O)c5c(=O)c(-c6ccc(O)cc6)coc5c4)CC3)c(F)cc2c1=O. The van der Waals surface area contributed by atoms with Gasteiger partial charge in [-0.25, -0.2) is 9.18 Å². The first kappa shape index (κ1) is 29.4. The highest BCUT2D eigenvalue weighted by Gasteiger charge is 2.28. The molecule has 0 unspecified atom stereocenters. The van der Waals surface area contributed by atoms with Crippen LogP contribution in [0.3, 0.4) is 0 Å². The topological polar surface area (TPSA) is 146 Å². The van der Waals surface area contributed by atoms with E-state index in [4.69, 9.17) is 9.15 Å². The van der Waals surface area contributed by atoms with Crippen molar-refractivity contribution in [3.8, 4) is 28.4 Å². The monoisotopic (exact) mass is 627 g/mol. The molecule has 5 aromatic rings. The van der Waals surface area contributed by atoms with Gasteiger partial charge < -0.3 is 33.9 Å². The minimum Gasteiger partial charge on any atom is -0.508 e. The zero-order valence-electron chi connectivity index (χ0n) is 24.6. The highest BCUT2D eigenvalue weighted by molar-refractivity contribution is 5.93. The van der Waals surface area contributed by atoms with E-state index in [0.717, 1.165) is 18.9 Å². The predicted molar refractivity (Wildman–Crippen MR) is 169 cm³/mol. The minimum atomic E-state index is -1.32. The quantitative estimate of drug-likeness (QED) is 0.224. The molecule has 1 aliphatic heterocycles. The molecule has 7 rings (SSSR count). The van der Waals surface area contributed by atoms with Gasteiger partial charge in [0.15, 0.2) is 0 Å². The lowest BCUT2D eigenvalue weighted by atomic mass is 10.0. The molecule has 3 heterocycles. The molecule has 236 valence electrons. The fourth-order valence-corrected chi connectivity index (χ4v) is 6.04. The van der Waals surface area contributed by atoms with Crippen LogP contribution in [-0.4, -0.2) is 70.1 Å². The number of fused-ring (bicyclic) bond motifs is 2. The third-order valence-electron chi connectivity index (χ3n) is 8.67. The molecular weight excluding hydrogens is 597 g/mol. The minimum absolute atomic E-state index is 0.0337. The van der Waals surface area contributed by atoms with Crippen LogP contribution >= 0.6 is 0 Å². The van der Waals surface area contributed by atoms with Gasteiger partial charge in [-0.1, -0.05) is 12.1 Å². The second-order valence-corrected chi connectivity index (χ2v) is 11.7. The average Bonchev–Trinajstić information content (AvgIpc) is 3.88. The van der Waals surface area contributed by atoms with Gasteiger partial charge in [-0.05, 0) is 42.7 Å². The summed E-state index contributed by atoms with van der Waals surface area (Å²) in [6.45, 7) is 3.20. The van der Waals surface area contributed by atoms with Crippen LogP contribution in [0.1, 0.15) is 29.2 Å². The van der Waals surface area contributed by atoms with Crippen molar-refractivity contribution < 1.29 is 33.7 Å². The van der Waals surface area contributed by atoms with E-state index in [9.17, 15) is 29.7 Å². The summed E-state index contributed by atoms with van der Waals surface area (Å²) in [7, 11) is 0. The van der Waals surface area contributed by atoms with Gasteiger partial charge in [0.05, 0.1) is 16.8 Å². The summed E-state index contributed by atoms with van der Waals surface area (Å²) >= 11 is 0. The highest BCUT2D eigenvalue weighted by Crippen LogP contribution is 2.38. The number of benzene rings is 3. The van der Waals surface area contributed by atoms with E-state index in [1.165, 1.54) is 30.7 Å². The number of carbonyl (C=O) groups is 1. The number of aromatic nitrogens is 1. The van der Waals surface area contributed by atoms with Gasteiger partial charge in [0.2, 0.25) is 10.9 Å². The molecule has 0 atom stereocenters. The predicted octanol–water partition coefficient (Wildman–Crippen LogP) is 4.56. The Morgan fingerprint density at radius 2 is 1.72 bits per heavy atom. The summed E-state index contributed by atoms with van der Waals surface area (Å²) in [6.07, 6.45) is 4.44. The maximum absolute atomic E-state index is 15.3. The number of nitrogens with zero attached hydrogens (tertiary/aromatic N) is 3. The van der Waals surface area contributed by atoms with E-state index < -0.39 is 22.6 Å². The fourth-order valence-electron chi connectivity index (χ4n) is 6.04. The first-order chi connectivity index (χ1) is 22.2. The Bertz CT molecular complexity index is 2110. The molecule has 2 aliphatic rings. The lowest BCUT2D eigenvalue weighted by Crippen LogP contribution is -2.47. The van der Waals surface area contributed by atoms with Crippen LogP contribution in [0.4, 0.5) is 10.1 Å². The van der Waals surface area contributed by atoms with Crippen molar-refractivity contribution in [2.45, 2.75) is 18.9 Å². The molecule has 12 heteroatoms. The van der Waals surface area contributed by atoms with Crippen LogP contribution in [0.25, 0.3) is 33.0 Å². The van der Waals surface area contributed by atoms with E-state index in [0.29, 0.717) is 61.8 Å². The number of pyridine rings is 1. The van der Waals surface area contributed by atoms with E-state index in [1.54, 1.807) is 28.8 Å². The standard InChI is InChI=1S/C34H30FN3O8/c35-26-15-23-27(38(20-3-4-20)17-24(32(23)41)34(43)44)16-28(26)37-9-7-36(8-10-37)11-12-45-22-13-29(40)31-30(14-22)46-18-25(33(31)42)19-1-5-21(39)6-2-19/h1-2,5-6,13-18,20,39-40H,3-4,7-12H2,(H,43,44). The number of hydrogen-bond acceptors (Lipinski definition) is 9. The molecule has 0 radical (unpaired) electrons. The summed E-state index contributed by atoms with van der Waals surface area (Å²) in [5.74, 6) is -1.74. The summed E-state index contributed by atoms with van der Waals surface area (Å²) in [6, 6.07) is 12.0. The molecule has 3 aromatic carbocycles. The summed E-state index contributed by atoms with van der Waals surface area (Å²) < 4.78 is 28.7. The van der Waals surface area contributed by atoms with Crippen LogP contribution in [0.2, 0.25) is 0 Å². The normalized spacial score (nSPS) is 15.5. The number of carboxylic acid groups (broad SMARTS) is 1. The van der Waals surface area contributed by atoms with Crippen molar-refractivity contribution in [1.82, 2.24) is 9.47 Å². The third-order valence-corrected chi connectivity index (χ3v) is 8.67. The molecule has 2 aromatic heterocycles. The number of phenolic OH excluding ortho intramolecular Hbond substituents is 2. The Kier molecular flexibility index (Phi) is 7.36. The Morgan fingerprint density at radius 3 is 2.41 bits per heavy atom. The van der Waals surface area contributed by atoms with Crippen molar-refractivity contribution in [1.29, 1.82) is 0 Å². The zero-order valence-corrected chi connectivity index (χ0v) is 24.6. The van der Waals surface area contributed by atoms with Gasteiger partial charge in [0.25, 0.3) is 0 Å². The lowest BCUT2D eigenvalue weighted by Gasteiger charge is -2.36. The van der Waals surface area contributed by atoms with Crippen LogP contribution in [0.5, 0.6) is 17.2 Å². The van der Waals surface area contributed by atoms with Gasteiger partial charge in [0, 0.05) is 62.5 Å². The van der Waals surface area contributed by atoms with Crippen LogP contribution in [-0.2, 0) is 0 Å². The van der Waals surface area contributed by atoms with E-state index in [2.05, 4.69) is 4.90 Å². The number of aromatic hydroxyl groups is 2. The number of halogens is 1. The number of anilines is 1. The fraction of sp³-hybridized carbons (Fsp3) is 0.265. The van der Waals surface area contributed by atoms with Crippen LogP contribution in [0, 0.1) is 5.82 Å². The zero-order chi connectivity index (χ0) is 32.1. The number of aromatic carboxylic acids is 1. The van der Waals surface area contributed by atoms with Gasteiger partial charge in [-0.2, -0.15) is 0 Å². The smallest absolute Gasteiger partial charge is 0.341 e. The Morgan fingerprint density at radius 1 is 0.978 bits per heavy atom. The number of piperazine rings is 1. The Hall–Kier alpha value is -5.36. The molecule has 2 fully saturated rings. The van der Waals surface area contributed by atoms with Gasteiger partial charge >= 0.3 is 5.97 Å². The van der Waals surface area contributed by atoms with E-state index in [-0.39, 0.29) is 45.0 Å². The van der Waals surface area contributed by atoms with Crippen molar-refractivity contribution in [2.24, 2.45) is 0 Å². The maximum atomic E-state index is 15.3. The summed E-state index contributed by atoms with van der Waals surface area (Å²) in [5, 5.41) is 29.8. The first-order valence-electron chi connectivity index (χ1n) is 15.0. The number of ether oxygens (including phenoxy) is 1. The largest absolute Gasteiger partial charge is 0.508 e. The van der Waals surface area contributed by atoms with Crippen molar-refractivity contribution in [2.75, 3.05) is 44.2 Å². The number of rotatable bonds is 8. The van der Waals surface area contributed by atoms with Crippen LogP contribution in [0.15, 0.2) is 75.0 Å². The van der Waals surface area contributed by atoms with E-state index >= 15 is 4.39 Å². The third kappa shape index (κ3) is 5.40. The molecule has 0 bridgehead atoms. The van der Waals surface area contributed by atoms with E-state index in [1.807, 2.05) is 4.90 Å². The lowest BCUT2D eigenvalue weighted by molar-refractivity contribution is 0.0694. The first-order valence-corrected chi connectivity index (χ1v) is 15.0. The second-order valence-electron chi connectivity index (χ2n) is 11.7. The van der Waals surface area contributed by atoms with Gasteiger partial charge in [-0.15, -0.1) is 0 Å². The summed E-state index contributed by atoms with van der Waals surface area (Å²) in [5.41, 5.74) is 0.448. The molecule has 11 nitrogen and oxygen atoms in total. The molecule has 46 heavy (non-hydrogen) atoms.